The van der Waals surface area contributed by atoms with Crippen LogP contribution in [-0.4, -0.2) is 24.2 Å². The lowest BCUT2D eigenvalue weighted by Crippen LogP contribution is -2.18. The van der Waals surface area contributed by atoms with Gasteiger partial charge in [-0.2, -0.15) is 10.2 Å². The van der Waals surface area contributed by atoms with Crippen LogP contribution in [0.15, 0.2) is 46.6 Å². The number of hydrogen-bond donors (Lipinski definition) is 2. The Hall–Kier alpha value is -2.12. The fourth-order valence-corrected chi connectivity index (χ4v) is 3.16. The molecular weight excluding hydrogens is 482 g/mol. The van der Waals surface area contributed by atoms with Crippen LogP contribution in [0.2, 0.25) is 20.1 Å². The first-order valence-electron chi connectivity index (χ1n) is 9.40. The molecule has 0 aliphatic heterocycles. The Morgan fingerprint density at radius 2 is 1.13 bits per heavy atom. The van der Waals surface area contributed by atoms with Crippen molar-refractivity contribution in [2.75, 3.05) is 0 Å². The minimum atomic E-state index is -0.221. The van der Waals surface area contributed by atoms with Gasteiger partial charge in [-0.25, -0.2) is 10.9 Å². The van der Waals surface area contributed by atoms with E-state index in [1.165, 1.54) is 12.4 Å². The highest BCUT2D eigenvalue weighted by atomic mass is 35.5. The number of carbonyl (C=O) groups is 2. The number of hydrogen-bond acceptors (Lipinski definition) is 4. The predicted molar refractivity (Wildman–Crippen MR) is 127 cm³/mol. The third-order valence-electron chi connectivity index (χ3n) is 4.06. The van der Waals surface area contributed by atoms with Crippen LogP contribution < -0.4 is 10.9 Å². The Balaban J connectivity index is 1.60. The van der Waals surface area contributed by atoms with E-state index in [2.05, 4.69) is 21.1 Å². The molecule has 0 fully saturated rings. The van der Waals surface area contributed by atoms with E-state index in [1.54, 1.807) is 36.4 Å². The van der Waals surface area contributed by atoms with Crippen LogP contribution in [0.4, 0.5) is 0 Å². The summed E-state index contributed by atoms with van der Waals surface area (Å²) in [6.45, 7) is 0. The monoisotopic (exact) mass is 500 g/mol. The van der Waals surface area contributed by atoms with Gasteiger partial charge in [-0.15, -0.1) is 0 Å². The number of hydrazone groups is 2. The van der Waals surface area contributed by atoms with Gasteiger partial charge in [0.2, 0.25) is 11.8 Å². The Bertz CT molecular complexity index is 902. The Kier molecular flexibility index (Phi) is 10.8. The van der Waals surface area contributed by atoms with Crippen molar-refractivity contribution >= 4 is 70.6 Å². The van der Waals surface area contributed by atoms with E-state index in [1.807, 2.05) is 0 Å². The van der Waals surface area contributed by atoms with Crippen molar-refractivity contribution in [3.63, 3.8) is 0 Å². The average Bonchev–Trinajstić information content (AvgIpc) is 2.74. The number of halogens is 4. The van der Waals surface area contributed by atoms with Gasteiger partial charge in [-0.1, -0.05) is 77.1 Å². The number of unbranched alkanes of at least 4 members (excludes halogenated alkanes) is 2. The maximum atomic E-state index is 11.8. The molecule has 0 saturated carbocycles. The molecular formula is C21H20Cl4N4O2. The summed E-state index contributed by atoms with van der Waals surface area (Å²) >= 11 is 23.9. The van der Waals surface area contributed by atoms with Crippen molar-refractivity contribution in [3.05, 3.63) is 67.6 Å². The highest BCUT2D eigenvalue weighted by molar-refractivity contribution is 6.44. The SMILES string of the molecule is O=C(CCCCCC(=O)N/N=C/c1cccc(Cl)c1Cl)N/N=C/c1cccc(Cl)c1Cl. The molecule has 0 bridgehead atoms. The molecule has 0 radical (unpaired) electrons. The van der Waals surface area contributed by atoms with Crippen molar-refractivity contribution in [3.8, 4) is 0 Å². The van der Waals surface area contributed by atoms with Gasteiger partial charge >= 0.3 is 0 Å². The van der Waals surface area contributed by atoms with E-state index in [0.717, 1.165) is 0 Å². The summed E-state index contributed by atoms with van der Waals surface area (Å²) in [6.07, 6.45) is 5.46. The molecule has 0 spiro atoms. The minimum absolute atomic E-state index is 0.221. The maximum Gasteiger partial charge on any atom is 0.240 e. The first kappa shape index (κ1) is 25.1. The van der Waals surface area contributed by atoms with E-state index in [4.69, 9.17) is 46.4 Å². The molecule has 164 valence electrons. The summed E-state index contributed by atoms with van der Waals surface area (Å²) in [6, 6.07) is 10.3. The lowest BCUT2D eigenvalue weighted by molar-refractivity contribution is -0.121. The smallest absolute Gasteiger partial charge is 0.240 e. The van der Waals surface area contributed by atoms with Crippen molar-refractivity contribution in [1.82, 2.24) is 10.9 Å². The van der Waals surface area contributed by atoms with Crippen molar-refractivity contribution in [2.24, 2.45) is 10.2 Å². The molecule has 2 aromatic carbocycles. The largest absolute Gasteiger partial charge is 0.273 e. The lowest BCUT2D eigenvalue weighted by Gasteiger charge is -2.02. The van der Waals surface area contributed by atoms with Gasteiger partial charge in [0.25, 0.3) is 0 Å². The molecule has 2 amide bonds. The highest BCUT2D eigenvalue weighted by Crippen LogP contribution is 2.24. The summed E-state index contributed by atoms with van der Waals surface area (Å²) in [5, 5.41) is 9.34. The van der Waals surface area contributed by atoms with Gasteiger partial charge in [-0.05, 0) is 25.0 Å². The second-order valence-corrected chi connectivity index (χ2v) is 8.00. The fourth-order valence-electron chi connectivity index (χ4n) is 2.45. The van der Waals surface area contributed by atoms with Crippen LogP contribution in [0.5, 0.6) is 0 Å². The van der Waals surface area contributed by atoms with E-state index in [9.17, 15) is 9.59 Å². The molecule has 6 nitrogen and oxygen atoms in total. The minimum Gasteiger partial charge on any atom is -0.273 e. The topological polar surface area (TPSA) is 82.9 Å². The van der Waals surface area contributed by atoms with Crippen molar-refractivity contribution < 1.29 is 9.59 Å². The number of rotatable bonds is 10. The molecule has 0 aromatic heterocycles. The van der Waals surface area contributed by atoms with Crippen molar-refractivity contribution in [2.45, 2.75) is 32.1 Å². The zero-order chi connectivity index (χ0) is 22.6. The van der Waals surface area contributed by atoms with Crippen molar-refractivity contribution in [1.29, 1.82) is 0 Å². The fraction of sp³-hybridized carbons (Fsp3) is 0.238. The second kappa shape index (κ2) is 13.3. The first-order chi connectivity index (χ1) is 14.9. The molecule has 0 heterocycles. The van der Waals surface area contributed by atoms with Crippen LogP contribution in [-0.2, 0) is 9.59 Å². The Labute approximate surface area is 200 Å². The number of nitrogens with zero attached hydrogens (tertiary/aromatic N) is 2. The van der Waals surface area contributed by atoms with E-state index < -0.39 is 0 Å². The number of nitrogens with one attached hydrogen (secondary N) is 2. The van der Waals surface area contributed by atoms with Crippen LogP contribution >= 0.6 is 46.4 Å². The first-order valence-corrected chi connectivity index (χ1v) is 10.9. The third kappa shape index (κ3) is 8.87. The number of carbonyl (C=O) groups excluding carboxylic acids is 2. The molecule has 0 aliphatic carbocycles. The van der Waals surface area contributed by atoms with E-state index in [0.29, 0.717) is 63.3 Å². The Morgan fingerprint density at radius 3 is 1.55 bits per heavy atom. The van der Waals surface area contributed by atoms with Gasteiger partial charge < -0.3 is 0 Å². The highest BCUT2D eigenvalue weighted by Gasteiger charge is 2.05. The summed E-state index contributed by atoms with van der Waals surface area (Å²) in [5.41, 5.74) is 6.10. The van der Waals surface area contributed by atoms with Gasteiger partial charge in [0.05, 0.1) is 32.5 Å². The zero-order valence-corrected chi connectivity index (χ0v) is 19.4. The summed E-state index contributed by atoms with van der Waals surface area (Å²) in [7, 11) is 0. The van der Waals surface area contributed by atoms with Crippen LogP contribution in [0, 0.1) is 0 Å². The third-order valence-corrected chi connectivity index (χ3v) is 5.72. The molecule has 2 N–H and O–H groups in total. The van der Waals surface area contributed by atoms with Crippen LogP contribution in [0.1, 0.15) is 43.2 Å². The zero-order valence-electron chi connectivity index (χ0n) is 16.4. The number of amides is 2. The van der Waals surface area contributed by atoms with E-state index >= 15 is 0 Å². The molecule has 10 heteroatoms. The summed E-state index contributed by atoms with van der Waals surface area (Å²) < 4.78 is 0. The van der Waals surface area contributed by atoms with Crippen LogP contribution in [0.25, 0.3) is 0 Å². The van der Waals surface area contributed by atoms with E-state index in [-0.39, 0.29) is 11.8 Å². The molecule has 0 aliphatic rings. The molecule has 2 rings (SSSR count). The molecule has 0 atom stereocenters. The number of benzene rings is 2. The quantitative estimate of drug-likeness (QED) is 0.243. The maximum absolute atomic E-state index is 11.8. The molecule has 2 aromatic rings. The Morgan fingerprint density at radius 1 is 0.710 bits per heavy atom. The van der Waals surface area contributed by atoms with Crippen LogP contribution in [0.3, 0.4) is 0 Å². The van der Waals surface area contributed by atoms with Gasteiger partial charge in [-0.3, -0.25) is 9.59 Å². The van der Waals surface area contributed by atoms with Gasteiger partial charge in [0, 0.05) is 24.0 Å². The predicted octanol–water partition coefficient (Wildman–Crippen LogP) is 5.85. The second-order valence-electron chi connectivity index (χ2n) is 6.43. The average molecular weight is 502 g/mol. The summed E-state index contributed by atoms with van der Waals surface area (Å²) in [4.78, 5) is 23.6. The molecule has 31 heavy (non-hydrogen) atoms. The molecule has 0 unspecified atom stereocenters. The lowest BCUT2D eigenvalue weighted by atomic mass is 10.1. The van der Waals surface area contributed by atoms with Gasteiger partial charge in [0.15, 0.2) is 0 Å². The normalized spacial score (nSPS) is 11.2. The van der Waals surface area contributed by atoms with Gasteiger partial charge in [0.1, 0.15) is 0 Å². The summed E-state index contributed by atoms with van der Waals surface area (Å²) in [5.74, 6) is -0.441. The molecule has 0 saturated heterocycles. The standard InChI is InChI=1S/C21H20Cl4N4O2/c22-16-8-4-6-14(20(16)24)12-26-28-18(30)10-2-1-3-11-19(31)29-27-13-15-7-5-9-17(23)21(15)25/h4-9,12-13H,1-3,10-11H2,(H,28,30)(H,29,31)/b26-12+,27-13+.